The van der Waals surface area contributed by atoms with Crippen molar-refractivity contribution in [1.82, 2.24) is 15.1 Å². The molecule has 0 aromatic heterocycles. The minimum absolute atomic E-state index is 0.0422. The molecule has 0 atom stereocenters. The summed E-state index contributed by atoms with van der Waals surface area (Å²) in [7, 11) is 3.22. The van der Waals surface area contributed by atoms with Crippen LogP contribution < -0.4 is 14.8 Å². The number of rotatable bonds is 9. The second-order valence-electron chi connectivity index (χ2n) is 7.66. The van der Waals surface area contributed by atoms with Crippen LogP contribution in [0.15, 0.2) is 42.5 Å². The van der Waals surface area contributed by atoms with E-state index in [9.17, 15) is 4.79 Å². The Hall–Kier alpha value is -2.57. The van der Waals surface area contributed by atoms with E-state index >= 15 is 0 Å². The third-order valence-electron chi connectivity index (χ3n) is 5.67. The van der Waals surface area contributed by atoms with Crippen LogP contribution in [0.4, 0.5) is 0 Å². The number of carbonyl (C=O) groups excluding carboxylic acids is 1. The molecule has 1 amide bonds. The topological polar surface area (TPSA) is 54.0 Å². The molecule has 1 saturated heterocycles. The van der Waals surface area contributed by atoms with Crippen molar-refractivity contribution in [3.63, 3.8) is 0 Å². The number of carbonyl (C=O) groups is 1. The fraction of sp³-hybridized carbons (Fsp3) is 0.458. The van der Waals surface area contributed by atoms with E-state index in [-0.39, 0.29) is 12.3 Å². The summed E-state index contributed by atoms with van der Waals surface area (Å²) >= 11 is 0. The van der Waals surface area contributed by atoms with Gasteiger partial charge in [0.2, 0.25) is 5.91 Å². The number of hydrogen-bond acceptors (Lipinski definition) is 5. The van der Waals surface area contributed by atoms with Crippen molar-refractivity contribution in [2.24, 2.45) is 0 Å². The van der Waals surface area contributed by atoms with Gasteiger partial charge in [-0.1, -0.05) is 31.2 Å². The van der Waals surface area contributed by atoms with Crippen molar-refractivity contribution in [3.05, 3.63) is 59.2 Å². The van der Waals surface area contributed by atoms with Crippen molar-refractivity contribution in [2.75, 3.05) is 46.9 Å². The van der Waals surface area contributed by atoms with E-state index in [1.807, 2.05) is 18.2 Å². The maximum absolute atomic E-state index is 12.4. The quantitative estimate of drug-likeness (QED) is 0.688. The minimum Gasteiger partial charge on any atom is -0.497 e. The van der Waals surface area contributed by atoms with Crippen LogP contribution in [0.1, 0.15) is 23.6 Å². The highest BCUT2D eigenvalue weighted by Crippen LogP contribution is 2.24. The highest BCUT2D eigenvalue weighted by Gasteiger charge is 2.15. The Kier molecular flexibility index (Phi) is 8.11. The first kappa shape index (κ1) is 22.1. The summed E-state index contributed by atoms with van der Waals surface area (Å²) in [5, 5.41) is 3.00. The van der Waals surface area contributed by atoms with Gasteiger partial charge in [-0.15, -0.1) is 0 Å². The monoisotopic (exact) mass is 411 g/mol. The van der Waals surface area contributed by atoms with Gasteiger partial charge < -0.3 is 19.7 Å². The summed E-state index contributed by atoms with van der Waals surface area (Å²) in [6.07, 6.45) is 0.252. The molecule has 162 valence electrons. The normalized spacial score (nSPS) is 15.0. The maximum Gasteiger partial charge on any atom is 0.224 e. The number of hydrogen-bond donors (Lipinski definition) is 1. The number of piperazine rings is 1. The lowest BCUT2D eigenvalue weighted by Crippen LogP contribution is -2.45. The number of ether oxygens (including phenoxy) is 2. The fourth-order valence-corrected chi connectivity index (χ4v) is 3.74. The molecule has 0 unspecified atom stereocenters. The molecule has 1 fully saturated rings. The molecule has 0 bridgehead atoms. The lowest BCUT2D eigenvalue weighted by Gasteiger charge is -2.34. The average molecular weight is 412 g/mol. The molecule has 1 N–H and O–H groups in total. The van der Waals surface area contributed by atoms with E-state index < -0.39 is 0 Å². The van der Waals surface area contributed by atoms with Gasteiger partial charge in [0.1, 0.15) is 11.5 Å². The third-order valence-corrected chi connectivity index (χ3v) is 5.67. The van der Waals surface area contributed by atoms with Crippen LogP contribution >= 0.6 is 0 Å². The first-order valence-corrected chi connectivity index (χ1v) is 10.6. The van der Waals surface area contributed by atoms with Crippen LogP contribution in [-0.2, 0) is 24.3 Å². The van der Waals surface area contributed by atoms with E-state index in [4.69, 9.17) is 9.47 Å². The van der Waals surface area contributed by atoms with E-state index in [0.29, 0.717) is 18.0 Å². The number of benzene rings is 2. The molecule has 0 spiro atoms. The van der Waals surface area contributed by atoms with Gasteiger partial charge in [0, 0.05) is 44.8 Å². The van der Waals surface area contributed by atoms with Crippen LogP contribution in [0.3, 0.4) is 0 Å². The van der Waals surface area contributed by atoms with Crippen molar-refractivity contribution >= 4 is 5.91 Å². The van der Waals surface area contributed by atoms with Gasteiger partial charge in [0.25, 0.3) is 0 Å². The largest absolute Gasteiger partial charge is 0.497 e. The summed E-state index contributed by atoms with van der Waals surface area (Å²) in [5.74, 6) is 1.36. The highest BCUT2D eigenvalue weighted by atomic mass is 16.5. The van der Waals surface area contributed by atoms with Crippen molar-refractivity contribution in [1.29, 1.82) is 0 Å². The standard InChI is InChI=1S/C24H33N3O3/c1-4-26-11-13-27(14-12-26)18-20-7-5-19(6-8-20)17-25-24(28)16-21-15-22(29-2)9-10-23(21)30-3/h5-10,15H,4,11-14,16-18H2,1-3H3,(H,25,28). The van der Waals surface area contributed by atoms with Gasteiger partial charge >= 0.3 is 0 Å². The number of amides is 1. The van der Waals surface area contributed by atoms with Crippen LogP contribution in [-0.4, -0.2) is 62.7 Å². The maximum atomic E-state index is 12.4. The SMILES string of the molecule is CCN1CCN(Cc2ccc(CNC(=O)Cc3cc(OC)ccc3OC)cc2)CC1. The third kappa shape index (κ3) is 6.21. The zero-order chi connectivity index (χ0) is 21.3. The summed E-state index contributed by atoms with van der Waals surface area (Å²) in [6.45, 7) is 9.41. The highest BCUT2D eigenvalue weighted by molar-refractivity contribution is 5.79. The molecule has 1 heterocycles. The summed E-state index contributed by atoms with van der Waals surface area (Å²) in [6, 6.07) is 14.0. The molecule has 6 heteroatoms. The lowest BCUT2D eigenvalue weighted by atomic mass is 10.1. The number of likely N-dealkylation sites (N-methyl/N-ethyl adjacent to an activating group) is 1. The molecule has 1 aliphatic rings. The van der Waals surface area contributed by atoms with E-state index in [0.717, 1.165) is 50.4 Å². The molecular weight excluding hydrogens is 378 g/mol. The predicted molar refractivity (Wildman–Crippen MR) is 119 cm³/mol. The number of methoxy groups -OCH3 is 2. The Balaban J connectivity index is 1.47. The van der Waals surface area contributed by atoms with Gasteiger partial charge in [-0.3, -0.25) is 9.69 Å². The van der Waals surface area contributed by atoms with Gasteiger partial charge in [-0.2, -0.15) is 0 Å². The predicted octanol–water partition coefficient (Wildman–Crippen LogP) is 2.70. The smallest absolute Gasteiger partial charge is 0.224 e. The summed E-state index contributed by atoms with van der Waals surface area (Å²) in [4.78, 5) is 17.4. The van der Waals surface area contributed by atoms with Crippen molar-refractivity contribution < 1.29 is 14.3 Å². The molecule has 0 radical (unpaired) electrons. The van der Waals surface area contributed by atoms with E-state index in [1.165, 1.54) is 5.56 Å². The fourth-order valence-electron chi connectivity index (χ4n) is 3.74. The molecule has 30 heavy (non-hydrogen) atoms. The second-order valence-corrected chi connectivity index (χ2v) is 7.66. The molecule has 1 aliphatic heterocycles. The molecule has 0 aliphatic carbocycles. The molecule has 2 aromatic rings. The lowest BCUT2D eigenvalue weighted by molar-refractivity contribution is -0.120. The molecular formula is C24H33N3O3. The zero-order valence-electron chi connectivity index (χ0n) is 18.3. The Morgan fingerprint density at radius 3 is 2.23 bits per heavy atom. The van der Waals surface area contributed by atoms with Crippen LogP contribution in [0, 0.1) is 0 Å². The first-order valence-electron chi connectivity index (χ1n) is 10.6. The summed E-state index contributed by atoms with van der Waals surface area (Å²) in [5.41, 5.74) is 3.23. The van der Waals surface area contributed by atoms with Crippen LogP contribution in [0.5, 0.6) is 11.5 Å². The Morgan fingerprint density at radius 2 is 1.60 bits per heavy atom. The molecule has 6 nitrogen and oxygen atoms in total. The first-order chi connectivity index (χ1) is 14.6. The van der Waals surface area contributed by atoms with Gasteiger partial charge in [0.05, 0.1) is 20.6 Å². The van der Waals surface area contributed by atoms with E-state index in [1.54, 1.807) is 14.2 Å². The number of nitrogens with zero attached hydrogens (tertiary/aromatic N) is 2. The summed E-state index contributed by atoms with van der Waals surface area (Å²) < 4.78 is 10.6. The van der Waals surface area contributed by atoms with E-state index in [2.05, 4.69) is 46.3 Å². The molecule has 2 aromatic carbocycles. The van der Waals surface area contributed by atoms with Gasteiger partial charge in [-0.25, -0.2) is 0 Å². The molecule has 3 rings (SSSR count). The van der Waals surface area contributed by atoms with Crippen LogP contribution in [0.25, 0.3) is 0 Å². The molecule has 0 saturated carbocycles. The average Bonchev–Trinajstić information content (AvgIpc) is 2.79. The van der Waals surface area contributed by atoms with Crippen LogP contribution in [0.2, 0.25) is 0 Å². The van der Waals surface area contributed by atoms with Crippen molar-refractivity contribution in [2.45, 2.75) is 26.4 Å². The number of nitrogens with one attached hydrogen (secondary N) is 1. The Morgan fingerprint density at radius 1 is 0.933 bits per heavy atom. The Bertz CT molecular complexity index is 815. The second kappa shape index (κ2) is 11.0. The van der Waals surface area contributed by atoms with Crippen molar-refractivity contribution in [3.8, 4) is 11.5 Å². The van der Waals surface area contributed by atoms with Gasteiger partial charge in [-0.05, 0) is 35.9 Å². The zero-order valence-corrected chi connectivity index (χ0v) is 18.3. The van der Waals surface area contributed by atoms with Gasteiger partial charge in [0.15, 0.2) is 0 Å². The Labute approximate surface area is 179 Å². The minimum atomic E-state index is -0.0422.